The maximum atomic E-state index is 12.8. The number of aromatic nitrogens is 4. The number of amides is 1. The van der Waals surface area contributed by atoms with E-state index in [0.29, 0.717) is 22.8 Å². The molecule has 4 rings (SSSR count). The quantitative estimate of drug-likeness (QED) is 0.417. The molecule has 2 heterocycles. The first-order valence-electron chi connectivity index (χ1n) is 10.2. The highest BCUT2D eigenvalue weighted by Crippen LogP contribution is 2.21. The molecule has 4 aromatic rings. The van der Waals surface area contributed by atoms with Gasteiger partial charge in [0.25, 0.3) is 15.9 Å². The summed E-state index contributed by atoms with van der Waals surface area (Å²) in [6.07, 6.45) is 0. The van der Waals surface area contributed by atoms with E-state index in [1.165, 1.54) is 36.1 Å². The largest absolute Gasteiger partial charge is 0.481 e. The molecule has 0 bridgehead atoms. The first-order valence-corrected chi connectivity index (χ1v) is 11.7. The molecule has 2 aromatic heterocycles. The summed E-state index contributed by atoms with van der Waals surface area (Å²) >= 11 is 0. The molecule has 0 aliphatic rings. The minimum atomic E-state index is -3.94. The van der Waals surface area contributed by atoms with Gasteiger partial charge in [0.2, 0.25) is 11.8 Å². The van der Waals surface area contributed by atoms with Crippen molar-refractivity contribution in [3.63, 3.8) is 0 Å². The standard InChI is InChI=1S/C23H22N6O4S/c1-15-13-21(33-3)26-23(24-15)28-34(31,32)18-11-9-17(10-12-18)25-22(30)20-14-19(27-29(20)2)16-7-5-4-6-8-16/h4-14H,1-3H3,(H,25,30)(H,24,26,28). The summed E-state index contributed by atoms with van der Waals surface area (Å²) in [7, 11) is -0.827. The van der Waals surface area contributed by atoms with E-state index in [2.05, 4.69) is 25.1 Å². The fourth-order valence-corrected chi connectivity index (χ4v) is 4.16. The molecular weight excluding hydrogens is 456 g/mol. The molecule has 0 aliphatic carbocycles. The number of benzene rings is 2. The van der Waals surface area contributed by atoms with Gasteiger partial charge in [-0.2, -0.15) is 10.1 Å². The van der Waals surface area contributed by atoms with Gasteiger partial charge in [-0.15, -0.1) is 0 Å². The molecule has 2 aromatic carbocycles. The van der Waals surface area contributed by atoms with Gasteiger partial charge in [0.15, 0.2) is 0 Å². The van der Waals surface area contributed by atoms with Gasteiger partial charge in [0.1, 0.15) is 5.69 Å². The van der Waals surface area contributed by atoms with E-state index in [1.807, 2.05) is 30.3 Å². The van der Waals surface area contributed by atoms with Gasteiger partial charge in [0, 0.05) is 30.1 Å². The lowest BCUT2D eigenvalue weighted by Gasteiger charge is -2.10. The van der Waals surface area contributed by atoms with E-state index < -0.39 is 10.0 Å². The average molecular weight is 479 g/mol. The third-order valence-corrected chi connectivity index (χ3v) is 6.21. The normalized spacial score (nSPS) is 11.1. The number of carbonyl (C=O) groups is 1. The number of hydrogen-bond acceptors (Lipinski definition) is 7. The smallest absolute Gasteiger partial charge is 0.273 e. The Bertz CT molecular complexity index is 1430. The van der Waals surface area contributed by atoms with Crippen LogP contribution in [-0.2, 0) is 17.1 Å². The van der Waals surface area contributed by atoms with Crippen molar-refractivity contribution in [1.29, 1.82) is 0 Å². The van der Waals surface area contributed by atoms with E-state index in [9.17, 15) is 13.2 Å². The van der Waals surface area contributed by atoms with E-state index in [0.717, 1.165) is 5.56 Å². The molecule has 0 unspecified atom stereocenters. The van der Waals surface area contributed by atoms with Crippen molar-refractivity contribution in [2.45, 2.75) is 11.8 Å². The summed E-state index contributed by atoms with van der Waals surface area (Å²) in [6, 6.07) is 18.6. The number of sulfonamides is 1. The number of methoxy groups -OCH3 is 1. The van der Waals surface area contributed by atoms with E-state index in [-0.39, 0.29) is 22.6 Å². The zero-order valence-corrected chi connectivity index (χ0v) is 19.5. The van der Waals surface area contributed by atoms with Crippen LogP contribution in [0.25, 0.3) is 11.3 Å². The van der Waals surface area contributed by atoms with Crippen LogP contribution < -0.4 is 14.8 Å². The second-order valence-electron chi connectivity index (χ2n) is 7.36. The van der Waals surface area contributed by atoms with Crippen molar-refractivity contribution >= 4 is 27.6 Å². The number of hydrogen-bond donors (Lipinski definition) is 2. The highest BCUT2D eigenvalue weighted by molar-refractivity contribution is 7.92. The van der Waals surface area contributed by atoms with Gasteiger partial charge in [-0.25, -0.2) is 18.1 Å². The van der Waals surface area contributed by atoms with E-state index in [1.54, 1.807) is 26.1 Å². The fraction of sp³-hybridized carbons (Fsp3) is 0.130. The summed E-state index contributed by atoms with van der Waals surface area (Å²) in [5.41, 5.74) is 2.92. The summed E-state index contributed by atoms with van der Waals surface area (Å²) in [4.78, 5) is 20.8. The van der Waals surface area contributed by atoms with Crippen LogP contribution in [0.2, 0.25) is 0 Å². The Labute approximate surface area is 196 Å². The molecule has 10 nitrogen and oxygen atoms in total. The van der Waals surface area contributed by atoms with Crippen LogP contribution in [0.4, 0.5) is 11.6 Å². The molecule has 0 saturated carbocycles. The fourth-order valence-electron chi connectivity index (χ4n) is 3.21. The van der Waals surface area contributed by atoms with Gasteiger partial charge < -0.3 is 10.1 Å². The molecule has 174 valence electrons. The Morgan fingerprint density at radius 2 is 1.71 bits per heavy atom. The molecule has 0 radical (unpaired) electrons. The summed E-state index contributed by atoms with van der Waals surface area (Å²) < 4.78 is 34.3. The number of nitrogens with one attached hydrogen (secondary N) is 2. The zero-order chi connectivity index (χ0) is 24.3. The van der Waals surface area contributed by atoms with Crippen molar-refractivity contribution in [3.05, 3.63) is 78.1 Å². The third kappa shape index (κ3) is 5.04. The van der Waals surface area contributed by atoms with Crippen molar-refractivity contribution in [2.75, 3.05) is 17.1 Å². The molecule has 0 fully saturated rings. The lowest BCUT2D eigenvalue weighted by molar-refractivity contribution is 0.101. The highest BCUT2D eigenvalue weighted by Gasteiger charge is 2.18. The van der Waals surface area contributed by atoms with Crippen LogP contribution in [0.3, 0.4) is 0 Å². The second kappa shape index (κ2) is 9.32. The van der Waals surface area contributed by atoms with Crippen molar-refractivity contribution in [1.82, 2.24) is 19.7 Å². The average Bonchev–Trinajstić information content (AvgIpc) is 3.21. The number of ether oxygens (including phenoxy) is 1. The Balaban J connectivity index is 1.48. The van der Waals surface area contributed by atoms with Gasteiger partial charge in [-0.1, -0.05) is 30.3 Å². The number of rotatable bonds is 7. The van der Waals surface area contributed by atoms with Crippen molar-refractivity contribution < 1.29 is 17.9 Å². The minimum Gasteiger partial charge on any atom is -0.481 e. The molecule has 11 heteroatoms. The number of carbonyl (C=O) groups excluding carboxylic acids is 1. The molecule has 0 atom stereocenters. The molecular formula is C23H22N6O4S. The zero-order valence-electron chi connectivity index (χ0n) is 18.7. The van der Waals surface area contributed by atoms with E-state index >= 15 is 0 Å². The maximum absolute atomic E-state index is 12.8. The Hall–Kier alpha value is -4.25. The van der Waals surface area contributed by atoms with Crippen LogP contribution in [0.15, 0.2) is 71.6 Å². The van der Waals surface area contributed by atoms with Crippen LogP contribution in [0.5, 0.6) is 5.88 Å². The Morgan fingerprint density at radius 3 is 2.38 bits per heavy atom. The number of aryl methyl sites for hydroxylation is 2. The highest BCUT2D eigenvalue weighted by atomic mass is 32.2. The molecule has 2 N–H and O–H groups in total. The van der Waals surface area contributed by atoms with Gasteiger partial charge >= 0.3 is 0 Å². The minimum absolute atomic E-state index is 0.0125. The maximum Gasteiger partial charge on any atom is 0.273 e. The van der Waals surface area contributed by atoms with Crippen LogP contribution in [-0.4, -0.2) is 41.2 Å². The topological polar surface area (TPSA) is 128 Å². The third-order valence-electron chi connectivity index (χ3n) is 4.87. The predicted molar refractivity (Wildman–Crippen MR) is 127 cm³/mol. The molecule has 0 spiro atoms. The second-order valence-corrected chi connectivity index (χ2v) is 9.05. The van der Waals surface area contributed by atoms with Crippen molar-refractivity contribution in [2.24, 2.45) is 7.05 Å². The monoisotopic (exact) mass is 478 g/mol. The van der Waals surface area contributed by atoms with E-state index in [4.69, 9.17) is 4.74 Å². The first-order chi connectivity index (χ1) is 16.2. The number of nitrogens with zero attached hydrogens (tertiary/aromatic N) is 4. The van der Waals surface area contributed by atoms with Crippen LogP contribution in [0, 0.1) is 6.92 Å². The van der Waals surface area contributed by atoms with Crippen molar-refractivity contribution in [3.8, 4) is 17.1 Å². The number of anilines is 2. The van der Waals surface area contributed by atoms with Crippen LogP contribution >= 0.6 is 0 Å². The van der Waals surface area contributed by atoms with Gasteiger partial charge in [0.05, 0.1) is 17.7 Å². The molecule has 0 aliphatic heterocycles. The van der Waals surface area contributed by atoms with Gasteiger partial charge in [-0.3, -0.25) is 9.48 Å². The predicted octanol–water partition coefficient (Wildman–Crippen LogP) is 3.25. The molecule has 34 heavy (non-hydrogen) atoms. The SMILES string of the molecule is COc1cc(C)nc(NS(=O)(=O)c2ccc(NC(=O)c3cc(-c4ccccc4)nn3C)cc2)n1. The van der Waals surface area contributed by atoms with Crippen LogP contribution in [0.1, 0.15) is 16.2 Å². The summed E-state index contributed by atoms with van der Waals surface area (Å²) in [5.74, 6) is -0.223. The van der Waals surface area contributed by atoms with Gasteiger partial charge in [-0.05, 0) is 37.3 Å². The Kier molecular flexibility index (Phi) is 6.28. The lowest BCUT2D eigenvalue weighted by Crippen LogP contribution is -2.17. The first kappa shape index (κ1) is 22.9. The summed E-state index contributed by atoms with van der Waals surface area (Å²) in [5, 5.41) is 7.15. The molecule has 1 amide bonds. The summed E-state index contributed by atoms with van der Waals surface area (Å²) in [6.45, 7) is 1.70. The lowest BCUT2D eigenvalue weighted by atomic mass is 10.1. The Morgan fingerprint density at radius 1 is 1.00 bits per heavy atom. The molecule has 0 saturated heterocycles.